The van der Waals surface area contributed by atoms with Crippen LogP contribution in [-0.4, -0.2) is 6.18 Å². The number of nitrogens with two attached hydrogens (primary N) is 1. The van der Waals surface area contributed by atoms with Crippen molar-refractivity contribution in [2.24, 2.45) is 5.84 Å². The van der Waals surface area contributed by atoms with Crippen LogP contribution in [-0.2, 0) is 5.92 Å². The highest BCUT2D eigenvalue weighted by molar-refractivity contribution is 5.44. The molecule has 1 rings (SSSR count). The second-order valence-electron chi connectivity index (χ2n) is 2.79. The van der Waals surface area contributed by atoms with Crippen LogP contribution in [0.3, 0.4) is 0 Å². The zero-order valence-electron chi connectivity index (χ0n) is 7.28. The molecular weight excluding hydrogens is 219 g/mol. The zero-order chi connectivity index (χ0) is 11.7. The summed E-state index contributed by atoms with van der Waals surface area (Å²) in [5.74, 6) is 0.0879. The lowest BCUT2D eigenvalue weighted by atomic mass is 10.1. The normalized spacial score (nSPS) is 12.7. The zero-order valence-corrected chi connectivity index (χ0v) is 7.28. The fourth-order valence-corrected chi connectivity index (χ4v) is 0.939. The maximum atomic E-state index is 12.7. The van der Waals surface area contributed by atoms with Crippen molar-refractivity contribution < 1.29 is 22.0 Å². The highest BCUT2D eigenvalue weighted by Crippen LogP contribution is 2.43. The first-order chi connectivity index (χ1) is 6.79. The average molecular weight is 226 g/mol. The van der Waals surface area contributed by atoms with Gasteiger partial charge in [-0.15, -0.1) is 0 Å². The highest BCUT2D eigenvalue weighted by atomic mass is 19.4. The Balaban J connectivity index is 3.06. The lowest BCUT2D eigenvalue weighted by molar-refractivity contribution is -0.289. The third-order valence-corrected chi connectivity index (χ3v) is 1.77. The first kappa shape index (κ1) is 11.7. The molecule has 0 aliphatic rings. The molecule has 0 aliphatic carbocycles. The van der Waals surface area contributed by atoms with Crippen molar-refractivity contribution in [3.05, 3.63) is 29.8 Å². The molecule has 0 unspecified atom stereocenters. The molecule has 1 aromatic rings. The number of anilines is 1. The first-order valence-electron chi connectivity index (χ1n) is 3.80. The van der Waals surface area contributed by atoms with Crippen LogP contribution in [0.2, 0.25) is 0 Å². The highest BCUT2D eigenvalue weighted by Gasteiger charge is 2.58. The van der Waals surface area contributed by atoms with Gasteiger partial charge in [-0.05, 0) is 12.1 Å². The van der Waals surface area contributed by atoms with Gasteiger partial charge in [-0.1, -0.05) is 12.1 Å². The summed E-state index contributed by atoms with van der Waals surface area (Å²) in [6.45, 7) is 0. The van der Waals surface area contributed by atoms with Crippen molar-refractivity contribution >= 4 is 5.69 Å². The standard InChI is InChI=1S/C8H7F5N2/c9-7(10,8(11,12)13)5-1-3-6(15-14)4-2-5/h1-4,15H,14H2. The molecule has 0 bridgehead atoms. The lowest BCUT2D eigenvalue weighted by Gasteiger charge is -2.19. The molecule has 0 aromatic heterocycles. The largest absolute Gasteiger partial charge is 0.458 e. The van der Waals surface area contributed by atoms with E-state index in [0.29, 0.717) is 12.1 Å². The second kappa shape index (κ2) is 3.65. The van der Waals surface area contributed by atoms with Crippen LogP contribution in [0.1, 0.15) is 5.56 Å². The average Bonchev–Trinajstić information content (AvgIpc) is 2.16. The van der Waals surface area contributed by atoms with Crippen molar-refractivity contribution in [2.75, 3.05) is 5.43 Å². The fraction of sp³-hybridized carbons (Fsp3) is 0.250. The Morgan fingerprint density at radius 2 is 1.40 bits per heavy atom. The fourth-order valence-electron chi connectivity index (χ4n) is 0.939. The molecule has 0 fully saturated rings. The summed E-state index contributed by atoms with van der Waals surface area (Å²) in [6.07, 6.45) is -5.59. The van der Waals surface area contributed by atoms with Crippen LogP contribution >= 0.6 is 0 Å². The Labute approximate surface area is 81.8 Å². The minimum absolute atomic E-state index is 0.247. The summed E-state index contributed by atoms with van der Waals surface area (Å²) in [4.78, 5) is 0. The molecule has 3 N–H and O–H groups in total. The van der Waals surface area contributed by atoms with Gasteiger partial charge in [-0.3, -0.25) is 5.84 Å². The van der Waals surface area contributed by atoms with Gasteiger partial charge in [0.05, 0.1) is 0 Å². The van der Waals surface area contributed by atoms with E-state index >= 15 is 0 Å². The van der Waals surface area contributed by atoms with Gasteiger partial charge in [0.25, 0.3) is 0 Å². The Morgan fingerprint density at radius 3 is 1.73 bits per heavy atom. The van der Waals surface area contributed by atoms with E-state index < -0.39 is 17.7 Å². The molecule has 0 atom stereocenters. The monoisotopic (exact) mass is 226 g/mol. The number of hydrazine groups is 1. The van der Waals surface area contributed by atoms with Gasteiger partial charge in [-0.25, -0.2) is 0 Å². The van der Waals surface area contributed by atoms with Gasteiger partial charge in [-0.2, -0.15) is 22.0 Å². The van der Waals surface area contributed by atoms with E-state index in [-0.39, 0.29) is 5.69 Å². The summed E-state index contributed by atoms with van der Waals surface area (Å²) in [6, 6.07) is 3.41. The van der Waals surface area contributed by atoms with E-state index in [0.717, 1.165) is 12.1 Å². The maximum absolute atomic E-state index is 12.7. The summed E-state index contributed by atoms with van der Waals surface area (Å²) < 4.78 is 61.2. The van der Waals surface area contributed by atoms with E-state index in [9.17, 15) is 22.0 Å². The van der Waals surface area contributed by atoms with Crippen molar-refractivity contribution in [3.8, 4) is 0 Å². The minimum atomic E-state index is -5.59. The first-order valence-corrected chi connectivity index (χ1v) is 3.80. The molecule has 0 saturated heterocycles. The number of nitrogen functional groups attached to an aromatic ring is 1. The summed E-state index contributed by atoms with van der Waals surface area (Å²) in [5, 5.41) is 0. The second-order valence-corrected chi connectivity index (χ2v) is 2.79. The van der Waals surface area contributed by atoms with Crippen LogP contribution < -0.4 is 11.3 Å². The Morgan fingerprint density at radius 1 is 0.933 bits per heavy atom. The molecule has 0 spiro atoms. The Kier molecular flexibility index (Phi) is 2.85. The third kappa shape index (κ3) is 2.17. The molecule has 1 aromatic carbocycles. The summed E-state index contributed by atoms with van der Waals surface area (Å²) >= 11 is 0. The van der Waals surface area contributed by atoms with Crippen LogP contribution in [0.5, 0.6) is 0 Å². The van der Waals surface area contributed by atoms with Crippen LogP contribution in [0, 0.1) is 0 Å². The van der Waals surface area contributed by atoms with Gasteiger partial charge in [0.15, 0.2) is 0 Å². The number of hydrogen-bond acceptors (Lipinski definition) is 2. The molecule has 15 heavy (non-hydrogen) atoms. The number of rotatable bonds is 2. The van der Waals surface area contributed by atoms with Crippen LogP contribution in [0.25, 0.3) is 0 Å². The molecule has 7 heteroatoms. The van der Waals surface area contributed by atoms with E-state index in [1.54, 1.807) is 0 Å². The van der Waals surface area contributed by atoms with Gasteiger partial charge in [0, 0.05) is 11.3 Å². The van der Waals surface area contributed by atoms with Crippen LogP contribution in [0.4, 0.5) is 27.6 Å². The van der Waals surface area contributed by atoms with E-state index in [1.807, 2.05) is 0 Å². The van der Waals surface area contributed by atoms with Crippen molar-refractivity contribution in [1.29, 1.82) is 0 Å². The molecule has 0 aliphatic heterocycles. The Hall–Kier alpha value is -1.37. The van der Waals surface area contributed by atoms with Crippen molar-refractivity contribution in [2.45, 2.75) is 12.1 Å². The number of halogens is 5. The van der Waals surface area contributed by atoms with Gasteiger partial charge in [0.2, 0.25) is 0 Å². The number of nitrogens with one attached hydrogen (secondary N) is 1. The van der Waals surface area contributed by atoms with Crippen molar-refractivity contribution in [1.82, 2.24) is 0 Å². The van der Waals surface area contributed by atoms with Gasteiger partial charge in [0.1, 0.15) is 0 Å². The molecule has 0 amide bonds. The SMILES string of the molecule is NNc1ccc(C(F)(F)C(F)(F)F)cc1. The quantitative estimate of drug-likeness (QED) is 0.462. The summed E-state index contributed by atoms with van der Waals surface area (Å²) in [5.41, 5.74) is 1.25. The minimum Gasteiger partial charge on any atom is -0.324 e. The molecule has 0 radical (unpaired) electrons. The van der Waals surface area contributed by atoms with E-state index in [4.69, 9.17) is 5.84 Å². The van der Waals surface area contributed by atoms with E-state index in [2.05, 4.69) is 5.43 Å². The molecule has 0 heterocycles. The smallest absolute Gasteiger partial charge is 0.324 e. The molecule has 0 saturated carbocycles. The Bertz CT molecular complexity index is 330. The topological polar surface area (TPSA) is 38.0 Å². The number of alkyl halides is 5. The predicted octanol–water partition coefficient (Wildman–Crippen LogP) is 2.63. The molecule has 84 valence electrons. The number of benzene rings is 1. The molecule has 2 nitrogen and oxygen atoms in total. The summed E-state index contributed by atoms with van der Waals surface area (Å²) in [7, 11) is 0. The third-order valence-electron chi connectivity index (χ3n) is 1.77. The van der Waals surface area contributed by atoms with Crippen LogP contribution in [0.15, 0.2) is 24.3 Å². The van der Waals surface area contributed by atoms with E-state index in [1.165, 1.54) is 0 Å². The van der Waals surface area contributed by atoms with Gasteiger partial charge >= 0.3 is 12.1 Å². The lowest BCUT2D eigenvalue weighted by Crippen LogP contribution is -2.33. The van der Waals surface area contributed by atoms with Gasteiger partial charge < -0.3 is 5.43 Å². The number of hydrogen-bond donors (Lipinski definition) is 2. The predicted molar refractivity (Wildman–Crippen MR) is 44.2 cm³/mol. The van der Waals surface area contributed by atoms with Crippen molar-refractivity contribution in [3.63, 3.8) is 0 Å². The maximum Gasteiger partial charge on any atom is 0.458 e. The molecular formula is C8H7F5N2.